The molecule has 12 heteroatoms. The molecular weight excluding hydrogens is 608 g/mol. The minimum Gasteiger partial charge on any atom is -0.396 e. The van der Waals surface area contributed by atoms with Gasteiger partial charge in [-0.25, -0.2) is 13.5 Å². The predicted octanol–water partition coefficient (Wildman–Crippen LogP) is 5.50. The maximum Gasteiger partial charge on any atom is 0.254 e. The Labute approximate surface area is 251 Å². The molecule has 42 heavy (non-hydrogen) atoms. The molecule has 5 rings (SSSR count). The smallest absolute Gasteiger partial charge is 0.254 e. The fraction of sp³-hybridized carbons (Fsp3) is 0.400. The number of amides is 2. The van der Waals surface area contributed by atoms with Crippen LogP contribution >= 0.6 is 15.9 Å². The van der Waals surface area contributed by atoms with Gasteiger partial charge in [-0.05, 0) is 61.0 Å². The monoisotopic (exact) mass is 641 g/mol. The highest BCUT2D eigenvalue weighted by molar-refractivity contribution is 9.10. The van der Waals surface area contributed by atoms with E-state index in [2.05, 4.69) is 40.1 Å². The Morgan fingerprint density at radius 1 is 1.21 bits per heavy atom. The first kappa shape index (κ1) is 29.7. The minimum absolute atomic E-state index is 0.0290. The van der Waals surface area contributed by atoms with Gasteiger partial charge in [0.15, 0.2) is 5.82 Å². The van der Waals surface area contributed by atoms with E-state index in [1.165, 1.54) is 0 Å². The van der Waals surface area contributed by atoms with Crippen LogP contribution in [0.25, 0.3) is 22.2 Å². The number of aromatic nitrogens is 4. The lowest BCUT2D eigenvalue weighted by molar-refractivity contribution is -0.133. The molecule has 1 aliphatic rings. The standard InChI is InChI=1S/C30H34BrF2N7O2/c1-6-37(7-2)28(41)17(3)39-12-11-18-19(9-8-10-23(18)39)29(42)40-16-30(4,5)24(40)15-38-14-22(35-36-38)20-13-21(32)25(31)26(33)27(20)34/h8-14,17,24H,6-7,15-16,34H2,1-5H3. The van der Waals surface area contributed by atoms with Crippen molar-refractivity contribution in [2.45, 2.75) is 53.2 Å². The van der Waals surface area contributed by atoms with Crippen molar-refractivity contribution in [3.8, 4) is 11.3 Å². The zero-order valence-corrected chi connectivity index (χ0v) is 25.8. The number of likely N-dealkylation sites (N-methyl/N-ethyl adjacent to an activating group) is 1. The van der Waals surface area contributed by atoms with Gasteiger partial charge in [-0.15, -0.1) is 5.10 Å². The van der Waals surface area contributed by atoms with E-state index in [1.807, 2.05) is 54.6 Å². The molecule has 1 fully saturated rings. The van der Waals surface area contributed by atoms with Crippen molar-refractivity contribution < 1.29 is 18.4 Å². The number of likely N-dealkylation sites (tertiary alicyclic amines) is 1. The van der Waals surface area contributed by atoms with Gasteiger partial charge in [-0.1, -0.05) is 25.1 Å². The third kappa shape index (κ3) is 4.95. The van der Waals surface area contributed by atoms with Crippen LogP contribution in [0, 0.1) is 17.0 Å². The van der Waals surface area contributed by atoms with Gasteiger partial charge in [0.05, 0.1) is 28.9 Å². The summed E-state index contributed by atoms with van der Waals surface area (Å²) < 4.78 is 31.7. The number of nitrogens with two attached hydrogens (primary N) is 1. The molecule has 2 amide bonds. The number of nitrogen functional groups attached to an aromatic ring is 1. The second-order valence-corrected chi connectivity index (χ2v) is 12.2. The van der Waals surface area contributed by atoms with E-state index in [0.717, 1.165) is 17.0 Å². The molecule has 2 aromatic carbocycles. The van der Waals surface area contributed by atoms with Crippen LogP contribution in [-0.4, -0.2) is 66.9 Å². The van der Waals surface area contributed by atoms with Crippen molar-refractivity contribution >= 4 is 44.3 Å². The van der Waals surface area contributed by atoms with Crippen LogP contribution in [0.3, 0.4) is 0 Å². The summed E-state index contributed by atoms with van der Waals surface area (Å²) in [6, 6.07) is 7.95. The van der Waals surface area contributed by atoms with Crippen LogP contribution in [0.15, 0.2) is 47.2 Å². The molecule has 2 atom stereocenters. The minimum atomic E-state index is -0.897. The molecule has 1 aliphatic heterocycles. The van der Waals surface area contributed by atoms with Crippen LogP contribution in [0.2, 0.25) is 0 Å². The van der Waals surface area contributed by atoms with Crippen molar-refractivity contribution in [1.29, 1.82) is 0 Å². The number of carbonyl (C=O) groups excluding carboxylic acids is 2. The van der Waals surface area contributed by atoms with Crippen LogP contribution in [0.5, 0.6) is 0 Å². The second kappa shape index (κ2) is 11.1. The van der Waals surface area contributed by atoms with Crippen molar-refractivity contribution in [2.24, 2.45) is 5.41 Å². The van der Waals surface area contributed by atoms with Crippen molar-refractivity contribution in [2.75, 3.05) is 25.4 Å². The van der Waals surface area contributed by atoms with Gasteiger partial charge < -0.3 is 20.1 Å². The predicted molar refractivity (Wildman–Crippen MR) is 161 cm³/mol. The number of hydrogen-bond donors (Lipinski definition) is 1. The molecule has 0 aliphatic carbocycles. The molecule has 2 N–H and O–H groups in total. The Hall–Kier alpha value is -3.80. The zero-order valence-electron chi connectivity index (χ0n) is 24.2. The highest BCUT2D eigenvalue weighted by atomic mass is 79.9. The van der Waals surface area contributed by atoms with Gasteiger partial charge in [0.1, 0.15) is 17.6 Å². The molecule has 0 spiro atoms. The number of halogens is 3. The maximum absolute atomic E-state index is 14.4. The van der Waals surface area contributed by atoms with Gasteiger partial charge >= 0.3 is 0 Å². The molecule has 4 aromatic rings. The first-order valence-electron chi connectivity index (χ1n) is 13.9. The van der Waals surface area contributed by atoms with E-state index in [4.69, 9.17) is 5.73 Å². The summed E-state index contributed by atoms with van der Waals surface area (Å²) in [5.74, 6) is -1.78. The number of benzene rings is 2. The summed E-state index contributed by atoms with van der Waals surface area (Å²) in [5, 5.41) is 9.04. The summed E-state index contributed by atoms with van der Waals surface area (Å²) in [6.07, 6.45) is 3.44. The van der Waals surface area contributed by atoms with Crippen LogP contribution in [0.1, 0.15) is 51.0 Å². The van der Waals surface area contributed by atoms with Crippen molar-refractivity contribution in [3.63, 3.8) is 0 Å². The SMILES string of the molecule is CCN(CC)C(=O)C(C)n1ccc2c(C(=O)N3CC(C)(C)C3Cn3cc(-c4cc(F)c(Br)c(F)c4N)nn3)cccc21. The van der Waals surface area contributed by atoms with Gasteiger partial charge in [-0.2, -0.15) is 0 Å². The van der Waals surface area contributed by atoms with Crippen molar-refractivity contribution in [1.82, 2.24) is 29.4 Å². The van der Waals surface area contributed by atoms with E-state index in [9.17, 15) is 18.4 Å². The van der Waals surface area contributed by atoms with Gasteiger partial charge in [0, 0.05) is 53.3 Å². The lowest BCUT2D eigenvalue weighted by Crippen LogP contribution is -2.65. The van der Waals surface area contributed by atoms with Gasteiger partial charge in [0.25, 0.3) is 5.91 Å². The summed E-state index contributed by atoms with van der Waals surface area (Å²) in [6.45, 7) is 12.1. The van der Waals surface area contributed by atoms with Crippen LogP contribution in [0.4, 0.5) is 14.5 Å². The summed E-state index contributed by atoms with van der Waals surface area (Å²) in [4.78, 5) is 30.6. The van der Waals surface area contributed by atoms with E-state index >= 15 is 0 Å². The first-order chi connectivity index (χ1) is 19.9. The molecule has 9 nitrogen and oxygen atoms in total. The Morgan fingerprint density at radius 3 is 2.60 bits per heavy atom. The highest BCUT2D eigenvalue weighted by Gasteiger charge is 2.48. The average molecular weight is 643 g/mol. The molecule has 222 valence electrons. The number of rotatable bonds is 8. The number of fused-ring (bicyclic) bond motifs is 1. The number of anilines is 1. The average Bonchev–Trinajstić information content (AvgIpc) is 3.63. The molecule has 2 aromatic heterocycles. The molecule has 0 bridgehead atoms. The Bertz CT molecular complexity index is 1680. The summed E-state index contributed by atoms with van der Waals surface area (Å²) in [7, 11) is 0. The fourth-order valence-corrected chi connectivity index (χ4v) is 6.15. The third-order valence-electron chi connectivity index (χ3n) is 8.33. The number of carbonyl (C=O) groups is 2. The molecule has 1 saturated heterocycles. The maximum atomic E-state index is 14.4. The number of nitrogens with zero attached hydrogens (tertiary/aromatic N) is 6. The zero-order chi connectivity index (χ0) is 30.5. The Balaban J connectivity index is 1.40. The second-order valence-electron chi connectivity index (χ2n) is 11.4. The fourth-order valence-electron chi connectivity index (χ4n) is 5.82. The molecular formula is C30H34BrF2N7O2. The lowest BCUT2D eigenvalue weighted by Gasteiger charge is -2.54. The topological polar surface area (TPSA) is 102 Å². The number of hydrogen-bond acceptors (Lipinski definition) is 5. The first-order valence-corrected chi connectivity index (χ1v) is 14.7. The van der Waals surface area contributed by atoms with Crippen LogP contribution < -0.4 is 5.73 Å². The molecule has 3 heterocycles. The lowest BCUT2D eigenvalue weighted by atomic mass is 9.74. The largest absolute Gasteiger partial charge is 0.396 e. The summed E-state index contributed by atoms with van der Waals surface area (Å²) in [5.41, 5.74) is 7.15. The Kier molecular flexibility index (Phi) is 7.86. The Morgan fingerprint density at radius 2 is 1.93 bits per heavy atom. The van der Waals surface area contributed by atoms with Crippen molar-refractivity contribution in [3.05, 3.63) is 64.4 Å². The summed E-state index contributed by atoms with van der Waals surface area (Å²) >= 11 is 2.86. The molecule has 0 saturated carbocycles. The van der Waals surface area contributed by atoms with E-state index in [1.54, 1.807) is 21.8 Å². The van der Waals surface area contributed by atoms with E-state index < -0.39 is 17.7 Å². The highest BCUT2D eigenvalue weighted by Crippen LogP contribution is 2.40. The van der Waals surface area contributed by atoms with Crippen LogP contribution in [-0.2, 0) is 11.3 Å². The van der Waals surface area contributed by atoms with Gasteiger partial charge in [-0.3, -0.25) is 9.59 Å². The third-order valence-corrected chi connectivity index (χ3v) is 9.06. The molecule has 2 unspecified atom stereocenters. The quantitative estimate of drug-likeness (QED) is 0.202. The molecule has 0 radical (unpaired) electrons. The van der Waals surface area contributed by atoms with E-state index in [-0.39, 0.29) is 44.7 Å². The van der Waals surface area contributed by atoms with E-state index in [0.29, 0.717) is 31.7 Å². The normalized spacial score (nSPS) is 16.9. The van der Waals surface area contributed by atoms with Gasteiger partial charge in [0.2, 0.25) is 5.91 Å².